The lowest BCUT2D eigenvalue weighted by Gasteiger charge is -2.23. The van der Waals surface area contributed by atoms with E-state index in [0.717, 1.165) is 30.8 Å². The van der Waals surface area contributed by atoms with Crippen LogP contribution in [0.25, 0.3) is 0 Å². The van der Waals surface area contributed by atoms with Crippen LogP contribution in [0.4, 0.5) is 0 Å². The molecule has 2 aromatic rings. The van der Waals surface area contributed by atoms with Crippen molar-refractivity contribution in [2.45, 2.75) is 18.4 Å². The van der Waals surface area contributed by atoms with Crippen molar-refractivity contribution in [2.75, 3.05) is 19.6 Å². The number of benzene rings is 2. The lowest BCUT2D eigenvalue weighted by molar-refractivity contribution is 0.145. The fourth-order valence-corrected chi connectivity index (χ4v) is 2.89. The minimum absolute atomic E-state index is 0. The fourth-order valence-electron chi connectivity index (χ4n) is 2.89. The molecule has 0 aliphatic carbocycles. The molecule has 0 amide bonds. The Bertz CT molecular complexity index is 615. The Kier molecular flexibility index (Phi) is 6.24. The summed E-state index contributed by atoms with van der Waals surface area (Å²) < 4.78 is 0. The van der Waals surface area contributed by atoms with Gasteiger partial charge in [-0.15, -0.1) is 12.4 Å². The predicted octanol–water partition coefficient (Wildman–Crippen LogP) is 3.44. The minimum atomic E-state index is -1.25. The molecule has 0 radical (unpaired) electrons. The van der Waals surface area contributed by atoms with Crippen molar-refractivity contribution in [3.63, 3.8) is 0 Å². The van der Waals surface area contributed by atoms with Crippen molar-refractivity contribution in [3.8, 4) is 11.8 Å². The first-order chi connectivity index (χ1) is 10.8. The zero-order chi connectivity index (χ0) is 15.3. The lowest BCUT2D eigenvalue weighted by atomic mass is 9.87. The van der Waals surface area contributed by atoms with Crippen molar-refractivity contribution in [1.82, 2.24) is 4.90 Å². The Labute approximate surface area is 144 Å². The number of nitrogens with zero attached hydrogens (tertiary/aromatic N) is 1. The van der Waals surface area contributed by atoms with Crippen LogP contribution in [0.3, 0.4) is 0 Å². The van der Waals surface area contributed by atoms with Gasteiger partial charge in [-0.05, 0) is 25.9 Å². The van der Waals surface area contributed by atoms with Gasteiger partial charge in [0.25, 0.3) is 0 Å². The molecule has 0 bridgehead atoms. The van der Waals surface area contributed by atoms with Gasteiger partial charge in [-0.25, -0.2) is 0 Å². The van der Waals surface area contributed by atoms with Gasteiger partial charge >= 0.3 is 0 Å². The van der Waals surface area contributed by atoms with Crippen LogP contribution in [0.5, 0.6) is 0 Å². The molecule has 0 atom stereocenters. The molecule has 0 spiro atoms. The summed E-state index contributed by atoms with van der Waals surface area (Å²) in [5.74, 6) is 6.31. The van der Waals surface area contributed by atoms with Crippen molar-refractivity contribution in [1.29, 1.82) is 0 Å². The molecular formula is C20H22ClNO. The Morgan fingerprint density at radius 1 is 0.870 bits per heavy atom. The standard InChI is InChI=1S/C20H21NO.ClH/c22-20(18-10-3-1-4-11-18,19-12-5-2-6-13-19)14-9-17-21-15-7-8-16-21;/h1-6,10-13,22H,7-8,15-17H2;1H. The van der Waals surface area contributed by atoms with E-state index < -0.39 is 5.60 Å². The molecule has 0 saturated carbocycles. The van der Waals surface area contributed by atoms with Crippen molar-refractivity contribution >= 4 is 12.4 Å². The number of halogens is 1. The van der Waals surface area contributed by atoms with Crippen LogP contribution in [0.1, 0.15) is 24.0 Å². The molecule has 3 heteroatoms. The normalized spacial score (nSPS) is 14.7. The van der Waals surface area contributed by atoms with Crippen LogP contribution in [0.2, 0.25) is 0 Å². The number of hydrogen-bond donors (Lipinski definition) is 1. The second-order valence-electron chi connectivity index (χ2n) is 5.73. The maximum atomic E-state index is 11.2. The first-order valence-electron chi connectivity index (χ1n) is 7.85. The van der Waals surface area contributed by atoms with E-state index in [2.05, 4.69) is 16.7 Å². The summed E-state index contributed by atoms with van der Waals surface area (Å²) in [6, 6.07) is 19.4. The molecule has 1 heterocycles. The summed E-state index contributed by atoms with van der Waals surface area (Å²) >= 11 is 0. The van der Waals surface area contributed by atoms with E-state index in [4.69, 9.17) is 0 Å². The number of aliphatic hydroxyl groups is 1. The van der Waals surface area contributed by atoms with Crippen LogP contribution in [0, 0.1) is 11.8 Å². The number of hydrogen-bond acceptors (Lipinski definition) is 2. The molecule has 2 aromatic carbocycles. The van der Waals surface area contributed by atoms with Gasteiger partial charge in [-0.3, -0.25) is 4.90 Å². The van der Waals surface area contributed by atoms with E-state index in [1.165, 1.54) is 12.8 Å². The van der Waals surface area contributed by atoms with Gasteiger partial charge in [0.05, 0.1) is 6.54 Å². The molecule has 0 aromatic heterocycles. The van der Waals surface area contributed by atoms with Gasteiger partial charge in [0.2, 0.25) is 0 Å². The highest BCUT2D eigenvalue weighted by Gasteiger charge is 2.29. The summed E-state index contributed by atoms with van der Waals surface area (Å²) in [6.45, 7) is 2.95. The molecule has 2 nitrogen and oxygen atoms in total. The minimum Gasteiger partial charge on any atom is -0.369 e. The van der Waals surface area contributed by atoms with Crippen LogP contribution in [0.15, 0.2) is 60.7 Å². The zero-order valence-corrected chi connectivity index (χ0v) is 13.9. The summed E-state index contributed by atoms with van der Waals surface area (Å²) in [6.07, 6.45) is 2.51. The highest BCUT2D eigenvalue weighted by Crippen LogP contribution is 2.28. The molecule has 1 aliphatic rings. The Balaban J connectivity index is 0.00000192. The Hall–Kier alpha value is -1.79. The van der Waals surface area contributed by atoms with Crippen LogP contribution in [-0.4, -0.2) is 29.6 Å². The van der Waals surface area contributed by atoms with Gasteiger partial charge in [0.15, 0.2) is 5.60 Å². The largest absolute Gasteiger partial charge is 0.369 e. The van der Waals surface area contributed by atoms with E-state index in [1.54, 1.807) is 0 Å². The topological polar surface area (TPSA) is 23.5 Å². The fraction of sp³-hybridized carbons (Fsp3) is 0.300. The average molecular weight is 328 g/mol. The summed E-state index contributed by atoms with van der Waals surface area (Å²) in [7, 11) is 0. The molecule has 1 aliphatic heterocycles. The Morgan fingerprint density at radius 2 is 1.35 bits per heavy atom. The molecular weight excluding hydrogens is 306 g/mol. The van der Waals surface area contributed by atoms with Gasteiger partial charge in [0.1, 0.15) is 0 Å². The van der Waals surface area contributed by atoms with Crippen LogP contribution in [-0.2, 0) is 5.60 Å². The molecule has 120 valence electrons. The highest BCUT2D eigenvalue weighted by atomic mass is 35.5. The van der Waals surface area contributed by atoms with E-state index in [9.17, 15) is 5.11 Å². The maximum absolute atomic E-state index is 11.2. The third-order valence-corrected chi connectivity index (χ3v) is 4.15. The SMILES string of the molecule is Cl.OC(C#CCN1CCCC1)(c1ccccc1)c1ccccc1. The highest BCUT2D eigenvalue weighted by molar-refractivity contribution is 5.85. The van der Waals surface area contributed by atoms with Crippen molar-refractivity contribution in [3.05, 3.63) is 71.8 Å². The first kappa shape index (κ1) is 17.6. The van der Waals surface area contributed by atoms with Crippen LogP contribution >= 0.6 is 12.4 Å². The Morgan fingerprint density at radius 3 is 1.83 bits per heavy atom. The third-order valence-electron chi connectivity index (χ3n) is 4.15. The van der Waals surface area contributed by atoms with E-state index in [-0.39, 0.29) is 12.4 Å². The number of likely N-dealkylation sites (tertiary alicyclic amines) is 1. The molecule has 3 rings (SSSR count). The van der Waals surface area contributed by atoms with Gasteiger partial charge in [0, 0.05) is 11.1 Å². The van der Waals surface area contributed by atoms with Gasteiger partial charge in [-0.2, -0.15) is 0 Å². The van der Waals surface area contributed by atoms with Crippen LogP contribution < -0.4 is 0 Å². The summed E-state index contributed by atoms with van der Waals surface area (Å²) in [5.41, 5.74) is 0.382. The van der Waals surface area contributed by atoms with E-state index >= 15 is 0 Å². The molecule has 1 N–H and O–H groups in total. The molecule has 1 fully saturated rings. The maximum Gasteiger partial charge on any atom is 0.176 e. The van der Waals surface area contributed by atoms with E-state index in [1.807, 2.05) is 60.7 Å². The lowest BCUT2D eigenvalue weighted by Crippen LogP contribution is -2.26. The monoisotopic (exact) mass is 327 g/mol. The molecule has 23 heavy (non-hydrogen) atoms. The zero-order valence-electron chi connectivity index (χ0n) is 13.1. The van der Waals surface area contributed by atoms with Crippen molar-refractivity contribution in [2.24, 2.45) is 0 Å². The van der Waals surface area contributed by atoms with Gasteiger partial charge < -0.3 is 5.11 Å². The van der Waals surface area contributed by atoms with Crippen molar-refractivity contribution < 1.29 is 5.11 Å². The molecule has 1 saturated heterocycles. The third kappa shape index (κ3) is 4.14. The smallest absolute Gasteiger partial charge is 0.176 e. The number of rotatable bonds is 3. The second kappa shape index (κ2) is 8.17. The quantitative estimate of drug-likeness (QED) is 0.873. The predicted molar refractivity (Wildman–Crippen MR) is 96.6 cm³/mol. The average Bonchev–Trinajstić information content (AvgIpc) is 3.10. The summed E-state index contributed by atoms with van der Waals surface area (Å²) in [4.78, 5) is 2.34. The molecule has 0 unspecified atom stereocenters. The second-order valence-corrected chi connectivity index (χ2v) is 5.73. The summed E-state index contributed by atoms with van der Waals surface area (Å²) in [5, 5.41) is 11.2. The van der Waals surface area contributed by atoms with Gasteiger partial charge in [-0.1, -0.05) is 72.5 Å². The first-order valence-corrected chi connectivity index (χ1v) is 7.85. The van der Waals surface area contributed by atoms with E-state index in [0.29, 0.717) is 0 Å².